The van der Waals surface area contributed by atoms with Crippen molar-refractivity contribution in [2.45, 2.75) is 13.3 Å². The lowest BCUT2D eigenvalue weighted by atomic mass is 10.0. The average Bonchev–Trinajstić information content (AvgIpc) is 3.15. The van der Waals surface area contributed by atoms with E-state index in [1.165, 1.54) is 0 Å². The van der Waals surface area contributed by atoms with Crippen molar-refractivity contribution in [2.24, 2.45) is 5.10 Å². The summed E-state index contributed by atoms with van der Waals surface area (Å²) >= 11 is 0. The van der Waals surface area contributed by atoms with Gasteiger partial charge in [0.1, 0.15) is 11.6 Å². The molecule has 1 heterocycles. The number of ketones is 1. The molecule has 28 heavy (non-hydrogen) atoms. The third-order valence-electron chi connectivity index (χ3n) is 4.36. The predicted octanol–water partition coefficient (Wildman–Crippen LogP) is 3.37. The van der Waals surface area contributed by atoms with Crippen LogP contribution in [0.1, 0.15) is 28.5 Å². The Labute approximate surface area is 162 Å². The highest BCUT2D eigenvalue weighted by molar-refractivity contribution is 6.01. The highest BCUT2D eigenvalue weighted by atomic mass is 16.5. The van der Waals surface area contributed by atoms with Crippen molar-refractivity contribution >= 4 is 22.4 Å². The van der Waals surface area contributed by atoms with Crippen molar-refractivity contribution in [1.82, 2.24) is 15.9 Å². The molecule has 7 nitrogen and oxygen atoms in total. The predicted molar refractivity (Wildman–Crippen MR) is 109 cm³/mol. The Morgan fingerprint density at radius 1 is 1.21 bits per heavy atom. The van der Waals surface area contributed by atoms with Crippen LogP contribution < -0.4 is 15.6 Å². The van der Waals surface area contributed by atoms with Gasteiger partial charge in [0.05, 0.1) is 18.5 Å². The summed E-state index contributed by atoms with van der Waals surface area (Å²) in [7, 11) is 1.62. The second-order valence-corrected chi connectivity index (χ2v) is 6.33. The van der Waals surface area contributed by atoms with Gasteiger partial charge in [-0.2, -0.15) is 5.10 Å². The lowest BCUT2D eigenvalue weighted by molar-refractivity contribution is 0.0989. The minimum atomic E-state index is 0.0142. The van der Waals surface area contributed by atoms with Crippen LogP contribution in [0, 0.1) is 0 Å². The Morgan fingerprint density at radius 3 is 2.64 bits per heavy atom. The standard InChI is InChI=1S/C21H22N4O3/c1-13(23-24-14(2)25-27)16-6-4-15(5-7-16)10-21(26)20-12-17-11-18(28-3)8-9-19(17)22-20/h4-9,11-12,22,24-25,27H,2,10H2,1,3H3/b23-13+. The SMILES string of the molecule is C=C(NO)N/N=C(\C)c1ccc(CC(=O)c2cc3cc(OC)ccc3[nH]2)cc1. The van der Waals surface area contributed by atoms with Gasteiger partial charge in [-0.05, 0) is 42.3 Å². The number of hydrazone groups is 1. The number of H-pyrrole nitrogens is 1. The number of fused-ring (bicyclic) bond motifs is 1. The van der Waals surface area contributed by atoms with Gasteiger partial charge in [0.25, 0.3) is 0 Å². The molecule has 0 amide bonds. The Morgan fingerprint density at radius 2 is 1.96 bits per heavy atom. The van der Waals surface area contributed by atoms with E-state index in [2.05, 4.69) is 22.1 Å². The molecule has 3 rings (SSSR count). The van der Waals surface area contributed by atoms with Gasteiger partial charge in [-0.15, -0.1) is 0 Å². The van der Waals surface area contributed by atoms with Gasteiger partial charge in [-0.25, -0.2) is 0 Å². The van der Waals surface area contributed by atoms with Crippen LogP contribution in [0.25, 0.3) is 10.9 Å². The quantitative estimate of drug-likeness (QED) is 0.274. The number of rotatable bonds is 8. The molecule has 0 radical (unpaired) electrons. The Bertz CT molecular complexity index is 1040. The van der Waals surface area contributed by atoms with Crippen LogP contribution in [-0.2, 0) is 6.42 Å². The molecule has 0 aliphatic rings. The van der Waals surface area contributed by atoms with Crippen molar-refractivity contribution in [2.75, 3.05) is 7.11 Å². The number of hydrogen-bond donors (Lipinski definition) is 4. The number of methoxy groups -OCH3 is 1. The van der Waals surface area contributed by atoms with Gasteiger partial charge in [0, 0.05) is 17.3 Å². The van der Waals surface area contributed by atoms with Crippen molar-refractivity contribution in [3.63, 3.8) is 0 Å². The van der Waals surface area contributed by atoms with Crippen LogP contribution in [0.2, 0.25) is 0 Å². The van der Waals surface area contributed by atoms with Crippen molar-refractivity contribution in [3.05, 3.63) is 77.8 Å². The third-order valence-corrected chi connectivity index (χ3v) is 4.36. The van der Waals surface area contributed by atoms with E-state index >= 15 is 0 Å². The molecule has 0 spiro atoms. The average molecular weight is 378 g/mol. The number of carbonyl (C=O) groups excluding carboxylic acids is 1. The molecule has 0 fully saturated rings. The van der Waals surface area contributed by atoms with E-state index < -0.39 is 0 Å². The molecule has 0 saturated heterocycles. The second-order valence-electron chi connectivity index (χ2n) is 6.33. The fourth-order valence-electron chi connectivity index (χ4n) is 2.77. The maximum Gasteiger partial charge on any atom is 0.183 e. The molecule has 0 atom stereocenters. The van der Waals surface area contributed by atoms with Gasteiger partial charge < -0.3 is 9.72 Å². The molecule has 0 unspecified atom stereocenters. The molecular formula is C21H22N4O3. The smallest absolute Gasteiger partial charge is 0.183 e. The zero-order valence-electron chi connectivity index (χ0n) is 15.7. The number of hydrogen-bond acceptors (Lipinski definition) is 6. The largest absolute Gasteiger partial charge is 0.497 e. The summed E-state index contributed by atoms with van der Waals surface area (Å²) in [6.45, 7) is 5.34. The molecule has 144 valence electrons. The van der Waals surface area contributed by atoms with E-state index in [-0.39, 0.29) is 11.6 Å². The van der Waals surface area contributed by atoms with Crippen LogP contribution in [0.4, 0.5) is 0 Å². The first kappa shape index (κ1) is 19.2. The zero-order chi connectivity index (χ0) is 20.1. The van der Waals surface area contributed by atoms with Crippen molar-refractivity contribution in [1.29, 1.82) is 0 Å². The summed E-state index contributed by atoms with van der Waals surface area (Å²) in [5.74, 6) is 0.948. The van der Waals surface area contributed by atoms with E-state index in [1.807, 2.05) is 60.9 Å². The van der Waals surface area contributed by atoms with E-state index in [0.29, 0.717) is 12.1 Å². The molecule has 4 N–H and O–H groups in total. The summed E-state index contributed by atoms with van der Waals surface area (Å²) in [6, 6.07) is 15.1. The van der Waals surface area contributed by atoms with E-state index in [0.717, 1.165) is 33.5 Å². The molecule has 1 aromatic heterocycles. The van der Waals surface area contributed by atoms with Crippen LogP contribution in [0.5, 0.6) is 5.75 Å². The first-order chi connectivity index (χ1) is 13.5. The van der Waals surface area contributed by atoms with Gasteiger partial charge in [0.2, 0.25) is 0 Å². The number of aromatic nitrogens is 1. The molecule has 7 heteroatoms. The van der Waals surface area contributed by atoms with Gasteiger partial charge in [-0.3, -0.25) is 20.9 Å². The summed E-state index contributed by atoms with van der Waals surface area (Å²) in [6.07, 6.45) is 0.296. The number of Topliss-reactive ketones (excluding diaryl/α,β-unsaturated/α-hetero) is 1. The Kier molecular flexibility index (Phi) is 5.76. The minimum absolute atomic E-state index is 0.0142. The van der Waals surface area contributed by atoms with Crippen LogP contribution in [0.3, 0.4) is 0 Å². The molecule has 0 saturated carbocycles. The zero-order valence-corrected chi connectivity index (χ0v) is 15.7. The lowest BCUT2D eigenvalue weighted by Crippen LogP contribution is -2.19. The number of nitrogens with one attached hydrogen (secondary N) is 3. The summed E-state index contributed by atoms with van der Waals surface area (Å²) < 4.78 is 5.22. The molecule has 0 aliphatic carbocycles. The number of aromatic amines is 1. The first-order valence-corrected chi connectivity index (χ1v) is 8.68. The number of hydroxylamine groups is 1. The Hall–Kier alpha value is -3.58. The monoisotopic (exact) mass is 378 g/mol. The fourth-order valence-corrected chi connectivity index (χ4v) is 2.77. The molecule has 3 aromatic rings. The fraction of sp³-hybridized carbons (Fsp3) is 0.143. The number of benzene rings is 2. The summed E-state index contributed by atoms with van der Waals surface area (Å²) in [4.78, 5) is 15.8. The van der Waals surface area contributed by atoms with Crippen molar-refractivity contribution in [3.8, 4) is 5.75 Å². The summed E-state index contributed by atoms with van der Waals surface area (Å²) in [5, 5.41) is 13.7. The maximum absolute atomic E-state index is 12.6. The van der Waals surface area contributed by atoms with E-state index in [1.54, 1.807) is 7.11 Å². The third kappa shape index (κ3) is 4.39. The molecule has 2 aromatic carbocycles. The van der Waals surface area contributed by atoms with Crippen molar-refractivity contribution < 1.29 is 14.7 Å². The molecule has 0 aliphatic heterocycles. The van der Waals surface area contributed by atoms with E-state index in [9.17, 15) is 4.79 Å². The molecule has 0 bridgehead atoms. The van der Waals surface area contributed by atoms with Gasteiger partial charge in [-0.1, -0.05) is 30.8 Å². The van der Waals surface area contributed by atoms with Crippen LogP contribution in [0.15, 0.2) is 66.0 Å². The van der Waals surface area contributed by atoms with Crippen LogP contribution >= 0.6 is 0 Å². The number of nitrogens with zero attached hydrogens (tertiary/aromatic N) is 1. The topological polar surface area (TPSA) is 98.7 Å². The minimum Gasteiger partial charge on any atom is -0.497 e. The summed E-state index contributed by atoms with van der Waals surface area (Å²) in [5.41, 5.74) is 8.46. The van der Waals surface area contributed by atoms with Gasteiger partial charge in [0.15, 0.2) is 5.78 Å². The number of carbonyl (C=O) groups is 1. The highest BCUT2D eigenvalue weighted by Crippen LogP contribution is 2.22. The van der Waals surface area contributed by atoms with E-state index in [4.69, 9.17) is 9.94 Å². The maximum atomic E-state index is 12.6. The molecular weight excluding hydrogens is 356 g/mol. The highest BCUT2D eigenvalue weighted by Gasteiger charge is 2.11. The van der Waals surface area contributed by atoms with Gasteiger partial charge >= 0.3 is 0 Å². The normalized spacial score (nSPS) is 11.3. The lowest BCUT2D eigenvalue weighted by Gasteiger charge is -2.06. The van der Waals surface area contributed by atoms with Crippen LogP contribution in [-0.4, -0.2) is 28.8 Å². The Balaban J connectivity index is 1.70. The second kappa shape index (κ2) is 8.41. The number of ether oxygens (including phenoxy) is 1. The first-order valence-electron chi connectivity index (χ1n) is 8.68.